The Kier molecular flexibility index (Phi) is 4.08. The first-order valence-electron chi connectivity index (χ1n) is 9.78. The fraction of sp³-hybridized carbons (Fsp3) is 0.261. The zero-order valence-corrected chi connectivity index (χ0v) is 16.3. The summed E-state index contributed by atoms with van der Waals surface area (Å²) in [7, 11) is 0. The van der Waals surface area contributed by atoms with Gasteiger partial charge in [0.1, 0.15) is 17.7 Å². The number of carbonyl (C=O) groups is 1. The molecule has 1 N–H and O–H groups in total. The van der Waals surface area contributed by atoms with Gasteiger partial charge in [-0.05, 0) is 49.4 Å². The highest BCUT2D eigenvalue weighted by atomic mass is 19.1. The molecule has 0 bridgehead atoms. The van der Waals surface area contributed by atoms with Crippen molar-refractivity contribution in [2.45, 2.75) is 38.6 Å². The minimum absolute atomic E-state index is 0.0949. The summed E-state index contributed by atoms with van der Waals surface area (Å²) in [4.78, 5) is 17.8. The van der Waals surface area contributed by atoms with E-state index < -0.39 is 6.04 Å². The zero-order valence-electron chi connectivity index (χ0n) is 16.3. The standard InChI is InChI=1S/C23H21FN4O/c1-13-3-5-15(6-4-13)17-11-19-21(20(29)12-17)22(16-7-9-18(24)10-8-16)28-23(26-19)25-14(2)27-28/h3-10,17,22H,11-12H2,1-2H3,(H,25,26,27)/t17-,22-/m0/s1. The van der Waals surface area contributed by atoms with Gasteiger partial charge < -0.3 is 5.32 Å². The van der Waals surface area contributed by atoms with Crippen LogP contribution in [0.15, 0.2) is 59.8 Å². The number of rotatable bonds is 2. The van der Waals surface area contributed by atoms with Gasteiger partial charge >= 0.3 is 0 Å². The quantitative estimate of drug-likeness (QED) is 0.705. The molecule has 0 fully saturated rings. The van der Waals surface area contributed by atoms with Crippen LogP contribution in [0.5, 0.6) is 0 Å². The molecular weight excluding hydrogens is 367 g/mol. The number of halogens is 1. The number of anilines is 1. The predicted octanol–water partition coefficient (Wildman–Crippen LogP) is 4.45. The van der Waals surface area contributed by atoms with Crippen LogP contribution in [0.1, 0.15) is 47.3 Å². The maximum absolute atomic E-state index is 13.5. The van der Waals surface area contributed by atoms with Crippen LogP contribution in [0.2, 0.25) is 0 Å². The Morgan fingerprint density at radius 3 is 2.41 bits per heavy atom. The normalized spacial score (nSPS) is 20.9. The van der Waals surface area contributed by atoms with Gasteiger partial charge in [-0.25, -0.2) is 9.07 Å². The highest BCUT2D eigenvalue weighted by Gasteiger charge is 2.39. The Morgan fingerprint density at radius 2 is 1.69 bits per heavy atom. The molecule has 2 heterocycles. The average molecular weight is 388 g/mol. The van der Waals surface area contributed by atoms with E-state index in [-0.39, 0.29) is 17.5 Å². The van der Waals surface area contributed by atoms with Crippen molar-refractivity contribution in [2.75, 3.05) is 5.32 Å². The lowest BCUT2D eigenvalue weighted by Crippen LogP contribution is -2.33. The first-order chi connectivity index (χ1) is 14.0. The molecule has 1 aliphatic heterocycles. The minimum atomic E-state index is -0.394. The van der Waals surface area contributed by atoms with Crippen LogP contribution >= 0.6 is 0 Å². The molecule has 3 aromatic rings. The highest BCUT2D eigenvalue weighted by Crippen LogP contribution is 2.43. The van der Waals surface area contributed by atoms with Gasteiger partial charge in [-0.1, -0.05) is 42.0 Å². The van der Waals surface area contributed by atoms with Crippen molar-refractivity contribution >= 4 is 11.7 Å². The summed E-state index contributed by atoms with van der Waals surface area (Å²) in [6.45, 7) is 3.88. The van der Waals surface area contributed by atoms with E-state index in [0.717, 1.165) is 17.7 Å². The maximum Gasteiger partial charge on any atom is 0.226 e. The Balaban J connectivity index is 1.60. The number of ketones is 1. The summed E-state index contributed by atoms with van der Waals surface area (Å²) in [5.74, 6) is 1.16. The molecule has 2 aromatic carbocycles. The summed E-state index contributed by atoms with van der Waals surface area (Å²) in [6.07, 6.45) is 1.18. The molecule has 0 saturated heterocycles. The van der Waals surface area contributed by atoms with E-state index >= 15 is 0 Å². The van der Waals surface area contributed by atoms with Crippen LogP contribution in [-0.2, 0) is 4.79 Å². The van der Waals surface area contributed by atoms with Gasteiger partial charge in [0.05, 0.1) is 0 Å². The number of Topliss-reactive ketones (excluding diaryl/α,β-unsaturated/α-hetero) is 1. The Bertz CT molecular complexity index is 1130. The van der Waals surface area contributed by atoms with Crippen molar-refractivity contribution in [3.8, 4) is 0 Å². The zero-order chi connectivity index (χ0) is 20.1. The van der Waals surface area contributed by atoms with Gasteiger partial charge in [0, 0.05) is 17.7 Å². The number of aryl methyl sites for hydroxylation is 2. The first-order valence-corrected chi connectivity index (χ1v) is 9.78. The molecule has 0 unspecified atom stereocenters. The van der Waals surface area contributed by atoms with E-state index in [1.807, 2.05) is 6.92 Å². The molecule has 0 spiro atoms. The van der Waals surface area contributed by atoms with Gasteiger partial charge in [-0.3, -0.25) is 4.79 Å². The fourth-order valence-electron chi connectivity index (χ4n) is 4.35. The molecule has 0 saturated carbocycles. The van der Waals surface area contributed by atoms with Crippen LogP contribution in [0, 0.1) is 19.7 Å². The van der Waals surface area contributed by atoms with E-state index in [1.165, 1.54) is 23.3 Å². The van der Waals surface area contributed by atoms with Crippen molar-refractivity contribution in [1.29, 1.82) is 0 Å². The van der Waals surface area contributed by atoms with Crippen LogP contribution in [-0.4, -0.2) is 20.5 Å². The van der Waals surface area contributed by atoms with E-state index in [4.69, 9.17) is 0 Å². The predicted molar refractivity (Wildman–Crippen MR) is 108 cm³/mol. The molecule has 2 atom stereocenters. The lowest BCUT2D eigenvalue weighted by molar-refractivity contribution is -0.116. The van der Waals surface area contributed by atoms with Crippen LogP contribution in [0.4, 0.5) is 10.3 Å². The number of nitrogens with one attached hydrogen (secondary N) is 1. The monoisotopic (exact) mass is 388 g/mol. The van der Waals surface area contributed by atoms with Crippen molar-refractivity contribution < 1.29 is 9.18 Å². The first kappa shape index (κ1) is 17.8. The van der Waals surface area contributed by atoms with Gasteiger partial charge in [-0.15, -0.1) is 0 Å². The molecule has 1 aromatic heterocycles. The van der Waals surface area contributed by atoms with E-state index in [9.17, 15) is 9.18 Å². The summed E-state index contributed by atoms with van der Waals surface area (Å²) in [6, 6.07) is 14.3. The summed E-state index contributed by atoms with van der Waals surface area (Å²) in [5.41, 5.74) is 4.79. The summed E-state index contributed by atoms with van der Waals surface area (Å²) < 4.78 is 15.2. The molecule has 5 nitrogen and oxygen atoms in total. The van der Waals surface area contributed by atoms with Crippen molar-refractivity contribution in [3.05, 3.63) is 88.1 Å². The van der Waals surface area contributed by atoms with Gasteiger partial charge in [0.2, 0.25) is 5.95 Å². The van der Waals surface area contributed by atoms with E-state index in [2.05, 4.69) is 46.6 Å². The molecule has 0 radical (unpaired) electrons. The van der Waals surface area contributed by atoms with Crippen molar-refractivity contribution in [3.63, 3.8) is 0 Å². The highest BCUT2D eigenvalue weighted by molar-refractivity contribution is 6.00. The smallest absolute Gasteiger partial charge is 0.226 e. The summed E-state index contributed by atoms with van der Waals surface area (Å²) >= 11 is 0. The topological polar surface area (TPSA) is 59.8 Å². The second kappa shape index (κ2) is 6.65. The number of hydrogen-bond acceptors (Lipinski definition) is 4. The third-order valence-electron chi connectivity index (χ3n) is 5.76. The summed E-state index contributed by atoms with van der Waals surface area (Å²) in [5, 5.41) is 7.85. The third kappa shape index (κ3) is 3.05. The van der Waals surface area contributed by atoms with Crippen molar-refractivity contribution in [1.82, 2.24) is 14.8 Å². The Morgan fingerprint density at radius 1 is 1.00 bits per heavy atom. The Labute approximate surface area is 168 Å². The fourth-order valence-corrected chi connectivity index (χ4v) is 4.35. The molecule has 1 aliphatic carbocycles. The van der Waals surface area contributed by atoms with Gasteiger partial charge in [0.15, 0.2) is 5.78 Å². The number of benzene rings is 2. The van der Waals surface area contributed by atoms with Crippen LogP contribution in [0.25, 0.3) is 0 Å². The lowest BCUT2D eigenvalue weighted by atomic mass is 9.78. The Hall–Kier alpha value is -3.28. The molecular formula is C23H21FN4O. The minimum Gasteiger partial charge on any atom is -0.328 e. The molecule has 2 aliphatic rings. The van der Waals surface area contributed by atoms with Gasteiger partial charge in [-0.2, -0.15) is 10.1 Å². The molecule has 146 valence electrons. The molecule has 5 rings (SSSR count). The van der Waals surface area contributed by atoms with E-state index in [0.29, 0.717) is 23.8 Å². The number of aromatic nitrogens is 3. The lowest BCUT2D eigenvalue weighted by Gasteiger charge is -2.35. The maximum atomic E-state index is 13.5. The number of allylic oxidation sites excluding steroid dienone is 2. The van der Waals surface area contributed by atoms with Crippen LogP contribution in [0.3, 0.4) is 0 Å². The van der Waals surface area contributed by atoms with E-state index in [1.54, 1.807) is 16.8 Å². The largest absolute Gasteiger partial charge is 0.328 e. The van der Waals surface area contributed by atoms with Gasteiger partial charge in [0.25, 0.3) is 0 Å². The number of fused-ring (bicyclic) bond motifs is 1. The average Bonchev–Trinajstić information content (AvgIpc) is 3.07. The molecule has 6 heteroatoms. The number of carbonyl (C=O) groups excluding carboxylic acids is 1. The second-order valence-electron chi connectivity index (χ2n) is 7.84. The molecule has 29 heavy (non-hydrogen) atoms. The SMILES string of the molecule is Cc1ccc([C@@H]2CC(=O)C3=C(C2)Nc2nc(C)nn2[C@H]3c2ccc(F)cc2)cc1. The molecule has 0 amide bonds. The van der Waals surface area contributed by atoms with Crippen LogP contribution < -0.4 is 5.32 Å². The van der Waals surface area contributed by atoms with Crippen molar-refractivity contribution in [2.24, 2.45) is 0 Å². The number of hydrogen-bond donors (Lipinski definition) is 1. The number of nitrogens with zero attached hydrogens (tertiary/aromatic N) is 3. The second-order valence-corrected chi connectivity index (χ2v) is 7.84. The third-order valence-corrected chi connectivity index (χ3v) is 5.76.